The second-order valence-electron chi connectivity index (χ2n) is 23.0. The van der Waals surface area contributed by atoms with Crippen molar-refractivity contribution in [3.63, 3.8) is 0 Å². The van der Waals surface area contributed by atoms with E-state index in [9.17, 15) is 52.8 Å². The first-order chi connectivity index (χ1) is 38.4. The number of pyridine rings is 2. The summed E-state index contributed by atoms with van der Waals surface area (Å²) < 4.78 is 149. The number of anilines is 2. The maximum atomic E-state index is 13.4. The Bertz CT molecular complexity index is 3310. The van der Waals surface area contributed by atoms with E-state index in [-0.39, 0.29) is 122 Å². The van der Waals surface area contributed by atoms with Gasteiger partial charge in [0, 0.05) is 48.7 Å². The maximum absolute atomic E-state index is 13.4. The zero-order chi connectivity index (χ0) is 59.3. The molecule has 2 amide bonds. The number of aromatic nitrogens is 6. The van der Waals surface area contributed by atoms with Crippen molar-refractivity contribution < 1.29 is 62.2 Å². The highest BCUT2D eigenvalue weighted by molar-refractivity contribution is 7.90. The smallest absolute Gasteiger partial charge is 0.394 e. The van der Waals surface area contributed by atoms with Crippen LogP contribution >= 0.6 is 27.0 Å². The summed E-state index contributed by atoms with van der Waals surface area (Å²) in [5.74, 6) is 0.541. The number of alkyl halides is 6. The van der Waals surface area contributed by atoms with Gasteiger partial charge in [0.05, 0.1) is 45.0 Å². The Kier molecular flexibility index (Phi) is 18.9. The Balaban J connectivity index is 0.000000235. The van der Waals surface area contributed by atoms with Gasteiger partial charge in [-0.15, -0.1) is 10.2 Å². The number of sulfonamides is 2. The number of rotatable bonds is 18. The fourth-order valence-corrected chi connectivity index (χ4v) is 12.8. The minimum atomic E-state index is -4.24. The van der Waals surface area contributed by atoms with Gasteiger partial charge in [-0.1, -0.05) is 50.2 Å². The topological polar surface area (TPSA) is 213 Å². The van der Waals surface area contributed by atoms with E-state index >= 15 is 0 Å². The molecule has 0 bridgehead atoms. The number of hydrogen-bond donors (Lipinski definition) is 2. The zero-order valence-electron chi connectivity index (χ0n) is 47.0. The van der Waals surface area contributed by atoms with Crippen molar-refractivity contribution in [2.45, 2.75) is 126 Å². The quantitative estimate of drug-likeness (QED) is 0.0767. The van der Waals surface area contributed by atoms with E-state index in [1.54, 1.807) is 48.8 Å². The van der Waals surface area contributed by atoms with E-state index in [0.29, 0.717) is 48.2 Å². The summed E-state index contributed by atoms with van der Waals surface area (Å²) in [6.45, 7) is 13.3. The molecule has 2 aliphatic heterocycles. The molecule has 0 spiro atoms. The molecule has 0 radical (unpaired) electrons. The average molecular weight is 1250 g/mol. The van der Waals surface area contributed by atoms with Crippen LogP contribution in [0.3, 0.4) is 0 Å². The lowest BCUT2D eigenvalue weighted by molar-refractivity contribution is -0.190. The molecule has 2 atom stereocenters. The lowest BCUT2D eigenvalue weighted by atomic mass is 9.97. The largest absolute Gasteiger partial charge is 0.477 e. The minimum absolute atomic E-state index is 0. The van der Waals surface area contributed by atoms with Gasteiger partial charge >= 0.3 is 12.4 Å². The van der Waals surface area contributed by atoms with E-state index in [1.165, 1.54) is 70.0 Å². The van der Waals surface area contributed by atoms with Gasteiger partial charge in [0.15, 0.2) is 11.6 Å². The van der Waals surface area contributed by atoms with E-state index < -0.39 is 55.0 Å². The summed E-state index contributed by atoms with van der Waals surface area (Å²) in [6, 6.07) is 24.3. The molecule has 84 heavy (non-hydrogen) atoms. The van der Waals surface area contributed by atoms with Crippen molar-refractivity contribution in [2.75, 3.05) is 36.1 Å². The van der Waals surface area contributed by atoms with E-state index in [4.69, 9.17) is 19.4 Å². The van der Waals surface area contributed by atoms with Crippen LogP contribution in [0, 0.1) is 22.7 Å². The van der Waals surface area contributed by atoms with Crippen LogP contribution in [0.1, 0.15) is 114 Å². The number of benzene rings is 2. The molecule has 4 fully saturated rings. The Hall–Kier alpha value is -6.52. The average Bonchev–Trinajstić information content (AvgIpc) is 2.07. The van der Waals surface area contributed by atoms with Crippen molar-refractivity contribution in [1.29, 1.82) is 0 Å². The van der Waals surface area contributed by atoms with Crippen molar-refractivity contribution in [3.05, 3.63) is 121 Å². The van der Waals surface area contributed by atoms with Crippen molar-refractivity contribution >= 4 is 70.5 Å². The molecule has 0 unspecified atom stereocenters. The molecule has 4 aliphatic rings. The van der Waals surface area contributed by atoms with Gasteiger partial charge in [0.1, 0.15) is 11.6 Å². The summed E-state index contributed by atoms with van der Waals surface area (Å²) in [4.78, 5) is 40.0. The molecule has 6 heterocycles. The third kappa shape index (κ3) is 14.2. The molecule has 18 nitrogen and oxygen atoms in total. The van der Waals surface area contributed by atoms with Crippen LogP contribution in [0.4, 0.5) is 38.0 Å². The molecule has 28 heteroatoms. The fourth-order valence-electron chi connectivity index (χ4n) is 10.9. The molecule has 4 aromatic heterocycles. The number of ether oxygens (including phenoxy) is 2. The summed E-state index contributed by atoms with van der Waals surface area (Å²) in [5.41, 5.74) is -3.88. The van der Waals surface area contributed by atoms with Crippen LogP contribution in [0.25, 0.3) is 11.6 Å². The normalized spacial score (nSPS) is 19.2. The third-order valence-corrected chi connectivity index (χ3v) is 18.3. The molecule has 2 saturated heterocycles. The third-order valence-electron chi connectivity index (χ3n) is 15.6. The Labute approximate surface area is 498 Å². The summed E-state index contributed by atoms with van der Waals surface area (Å²) >= 11 is 0. The van der Waals surface area contributed by atoms with Crippen LogP contribution in [0.2, 0.25) is 0 Å². The highest BCUT2D eigenvalue weighted by Gasteiger charge is 2.63. The number of nitrogens with one attached hydrogen (secondary N) is 2. The predicted octanol–water partition coefficient (Wildman–Crippen LogP) is 10.5. The van der Waals surface area contributed by atoms with Crippen LogP contribution in [-0.4, -0.2) is 108 Å². The molecule has 10 rings (SSSR count). The van der Waals surface area contributed by atoms with E-state index in [0.717, 1.165) is 12.8 Å². The second kappa shape index (κ2) is 24.5. The molecular weight excluding hydrogens is 1180 g/mol. The van der Waals surface area contributed by atoms with Crippen molar-refractivity contribution in [1.82, 2.24) is 39.0 Å². The lowest BCUT2D eigenvalue weighted by Crippen LogP contribution is -2.41. The van der Waals surface area contributed by atoms with Crippen LogP contribution < -0.4 is 28.7 Å². The number of hydrogen-bond acceptors (Lipinski definition) is 14. The maximum Gasteiger partial charge on any atom is 0.394 e. The standard InChI is InChI=1S/2C28H32F3N5O4S.2H2S/c2*1-19-17-26(2,3)35(18-19)24-21(25(37)34-41(38,39)20-7-5-4-6-8-20)9-10-22(32-24)36-15-11-23(33-36)40-16-14-27(12-13-27)28(29,30)31;;/h2*4-11,15,19H,12-14,16-18H2,1-3H3,(H,34,37);2*1H2/t2*19-;;/m00../s1. The van der Waals surface area contributed by atoms with Gasteiger partial charge in [-0.3, -0.25) is 9.59 Å². The molecule has 2 aliphatic carbocycles. The summed E-state index contributed by atoms with van der Waals surface area (Å²) in [6.07, 6.45) is -3.52. The summed E-state index contributed by atoms with van der Waals surface area (Å²) in [7, 11) is -8.24. The van der Waals surface area contributed by atoms with E-state index in [2.05, 4.69) is 33.5 Å². The van der Waals surface area contributed by atoms with Crippen LogP contribution in [-0.2, 0) is 20.0 Å². The molecule has 6 aromatic rings. The highest BCUT2D eigenvalue weighted by atomic mass is 32.2. The number of nitrogens with zero attached hydrogens (tertiary/aromatic N) is 8. The Morgan fingerprint density at radius 1 is 0.560 bits per heavy atom. The van der Waals surface area contributed by atoms with Gasteiger partial charge in [0.25, 0.3) is 31.9 Å². The lowest BCUT2D eigenvalue weighted by Gasteiger charge is -2.34. The first kappa shape index (κ1) is 65.0. The highest BCUT2D eigenvalue weighted by Crippen LogP contribution is 2.60. The molecule has 2 N–H and O–H groups in total. The monoisotopic (exact) mass is 1250 g/mol. The Morgan fingerprint density at radius 3 is 1.20 bits per heavy atom. The second-order valence-corrected chi connectivity index (χ2v) is 26.4. The SMILES string of the molecule is C[C@@H]1CN(c2nc(-n3ccc(OCCC4(C(F)(F)F)CC4)n3)ccc2C(=O)NS(=O)(=O)c2ccccc2)C(C)(C)C1.C[C@@H]1CN(c2nc(-n3ccc(OCCC4(C(F)(F)F)CC4)n3)ccc2C(=O)NS(=O)(=O)c2ccccc2)C(C)(C)C1.S.S. The predicted molar refractivity (Wildman–Crippen MR) is 312 cm³/mol. The van der Waals surface area contributed by atoms with Gasteiger partial charge in [0.2, 0.25) is 11.8 Å². The molecular formula is C56H68F6N10O8S4. The number of carbonyl (C=O) groups is 2. The van der Waals surface area contributed by atoms with Gasteiger partial charge in [-0.25, -0.2) is 45.6 Å². The number of carbonyl (C=O) groups excluding carboxylic acids is 2. The fraction of sp³-hybridized carbons (Fsp3) is 0.464. The van der Waals surface area contributed by atoms with Gasteiger partial charge in [-0.2, -0.15) is 53.3 Å². The molecule has 2 aromatic carbocycles. The summed E-state index contributed by atoms with van der Waals surface area (Å²) in [5, 5.41) is 8.62. The molecule has 2 saturated carbocycles. The van der Waals surface area contributed by atoms with Gasteiger partial charge in [-0.05, 0) is 139 Å². The zero-order valence-corrected chi connectivity index (χ0v) is 50.6. The first-order valence-electron chi connectivity index (χ1n) is 26.7. The van der Waals surface area contributed by atoms with Crippen LogP contribution in [0.5, 0.6) is 11.8 Å². The first-order valence-corrected chi connectivity index (χ1v) is 29.7. The Morgan fingerprint density at radius 2 is 0.905 bits per heavy atom. The van der Waals surface area contributed by atoms with Crippen molar-refractivity contribution in [3.8, 4) is 23.4 Å². The van der Waals surface area contributed by atoms with Crippen LogP contribution in [0.15, 0.2) is 119 Å². The minimum Gasteiger partial charge on any atom is -0.477 e. The number of amides is 2. The van der Waals surface area contributed by atoms with E-state index in [1.807, 2.05) is 37.5 Å². The van der Waals surface area contributed by atoms with Gasteiger partial charge < -0.3 is 19.3 Å². The molecule has 456 valence electrons. The number of halogens is 6. The van der Waals surface area contributed by atoms with Crippen molar-refractivity contribution in [2.24, 2.45) is 22.7 Å².